The van der Waals surface area contributed by atoms with E-state index in [1.807, 2.05) is 0 Å². The fraction of sp³-hybridized carbons (Fsp3) is 0.909. The monoisotopic (exact) mass is 1560 g/mol. The molecule has 107 heavy (non-hydrogen) atoms. The van der Waals surface area contributed by atoms with Crippen molar-refractivity contribution in [2.75, 3.05) is 39.6 Å². The lowest BCUT2D eigenvalue weighted by atomic mass is 10.0. The van der Waals surface area contributed by atoms with Crippen LogP contribution in [-0.2, 0) is 65.4 Å². The van der Waals surface area contributed by atoms with E-state index in [1.165, 1.54) is 263 Å². The third kappa shape index (κ3) is 81.4. The van der Waals surface area contributed by atoms with Crippen molar-refractivity contribution in [1.82, 2.24) is 0 Å². The molecule has 0 saturated carbocycles. The Kier molecular flexibility index (Phi) is 78.3. The Morgan fingerprint density at radius 3 is 0.766 bits per heavy atom. The number of phosphoric acid groups is 2. The zero-order chi connectivity index (χ0) is 78.3. The number of aliphatic hydroxyl groups is 1. The Hall–Kier alpha value is -2.46. The van der Waals surface area contributed by atoms with Gasteiger partial charge in [-0.05, 0) is 57.3 Å². The normalized spacial score (nSPS) is 13.9. The maximum atomic E-state index is 13.2. The van der Waals surface area contributed by atoms with Crippen molar-refractivity contribution in [2.45, 2.75) is 470 Å². The molecule has 0 amide bonds. The first-order valence-corrected chi connectivity index (χ1v) is 47.9. The molecule has 5 atom stereocenters. The highest BCUT2D eigenvalue weighted by molar-refractivity contribution is 7.47. The molecule has 632 valence electrons. The van der Waals surface area contributed by atoms with Crippen LogP contribution in [0.4, 0.5) is 0 Å². The Bertz CT molecular complexity index is 2130. The Morgan fingerprint density at radius 1 is 0.290 bits per heavy atom. The van der Waals surface area contributed by atoms with E-state index >= 15 is 0 Å². The van der Waals surface area contributed by atoms with Gasteiger partial charge in [0.15, 0.2) is 12.2 Å². The summed E-state index contributed by atoms with van der Waals surface area (Å²) in [5.41, 5.74) is 0. The summed E-state index contributed by atoms with van der Waals surface area (Å²) in [6, 6.07) is 0. The van der Waals surface area contributed by atoms with Gasteiger partial charge in [0.1, 0.15) is 19.3 Å². The van der Waals surface area contributed by atoms with E-state index < -0.39 is 97.5 Å². The number of esters is 4. The van der Waals surface area contributed by atoms with Gasteiger partial charge < -0.3 is 33.8 Å². The molecule has 0 rings (SSSR count). The molecule has 0 aromatic carbocycles. The van der Waals surface area contributed by atoms with Crippen molar-refractivity contribution >= 4 is 39.5 Å². The van der Waals surface area contributed by atoms with Crippen LogP contribution in [0.3, 0.4) is 0 Å². The van der Waals surface area contributed by atoms with E-state index in [2.05, 4.69) is 58.9 Å². The van der Waals surface area contributed by atoms with Crippen LogP contribution >= 0.6 is 15.6 Å². The molecule has 17 nitrogen and oxygen atoms in total. The number of aliphatic hydroxyl groups excluding tert-OH is 1. The minimum Gasteiger partial charge on any atom is -0.462 e. The van der Waals surface area contributed by atoms with E-state index in [-0.39, 0.29) is 25.7 Å². The number of ether oxygens (including phenoxy) is 4. The lowest BCUT2D eigenvalue weighted by Gasteiger charge is -2.21. The second-order valence-corrected chi connectivity index (χ2v) is 34.3. The van der Waals surface area contributed by atoms with Gasteiger partial charge in [0, 0.05) is 25.7 Å². The van der Waals surface area contributed by atoms with E-state index in [4.69, 9.17) is 37.0 Å². The summed E-state index contributed by atoms with van der Waals surface area (Å²) < 4.78 is 68.9. The van der Waals surface area contributed by atoms with Crippen LogP contribution in [0.2, 0.25) is 0 Å². The first-order chi connectivity index (χ1) is 52.0. The van der Waals surface area contributed by atoms with Crippen molar-refractivity contribution < 1.29 is 80.2 Å². The standard InChI is InChI=1S/C88H168O17P2/c1-6-9-12-15-18-21-24-27-29-30-31-32-33-34-40-44-49-54-59-64-69-74-88(93)105-84(78-99-86(91)72-67-62-57-52-47-42-39-36-35-38-41-45-50-55-60-65-70-81(4)5)80-103-107(96,97)101-76-82(89)75-100-106(94,95)102-79-83(77-98-85(90)71-66-61-56-51-46-26-23-20-17-14-11-8-3)104-87(92)73-68-63-58-53-48-43-37-28-25-22-19-16-13-10-7-2/h22,25,28,37,81-84,89H,6-21,23-24,26-27,29-36,38-80H2,1-5H3,(H,94,95)(H,96,97)/b25-22-,37-28-/t82-,83+,84+/m0/s1. The summed E-state index contributed by atoms with van der Waals surface area (Å²) in [5.74, 6) is -1.32. The summed E-state index contributed by atoms with van der Waals surface area (Å²) in [6.07, 6.45) is 77.2. The third-order valence-electron chi connectivity index (χ3n) is 20.2. The molecule has 0 bridgehead atoms. The number of hydrogen-bond donors (Lipinski definition) is 3. The molecule has 0 aromatic heterocycles. The van der Waals surface area contributed by atoms with Gasteiger partial charge in [-0.1, -0.05) is 399 Å². The van der Waals surface area contributed by atoms with Gasteiger partial charge in [-0.3, -0.25) is 37.3 Å². The highest BCUT2D eigenvalue weighted by Gasteiger charge is 2.30. The lowest BCUT2D eigenvalue weighted by molar-refractivity contribution is -0.161. The van der Waals surface area contributed by atoms with Gasteiger partial charge in [0.2, 0.25) is 0 Å². The Labute approximate surface area is 656 Å². The first kappa shape index (κ1) is 105. The number of allylic oxidation sites excluding steroid dienone is 4. The molecule has 19 heteroatoms. The number of phosphoric ester groups is 2. The average Bonchev–Trinajstić information content (AvgIpc) is 0.906. The average molecular weight is 1560 g/mol. The van der Waals surface area contributed by atoms with Gasteiger partial charge in [-0.25, -0.2) is 9.13 Å². The minimum absolute atomic E-state index is 0.0859. The quantitative estimate of drug-likeness (QED) is 0.0169. The van der Waals surface area contributed by atoms with Gasteiger partial charge in [-0.2, -0.15) is 0 Å². The second-order valence-electron chi connectivity index (χ2n) is 31.4. The summed E-state index contributed by atoms with van der Waals surface area (Å²) in [6.45, 7) is 7.34. The van der Waals surface area contributed by atoms with E-state index in [1.54, 1.807) is 0 Å². The molecule has 3 N–H and O–H groups in total. The summed E-state index contributed by atoms with van der Waals surface area (Å²) >= 11 is 0. The molecule has 0 spiro atoms. The summed E-state index contributed by atoms with van der Waals surface area (Å²) in [7, 11) is -9.94. The fourth-order valence-electron chi connectivity index (χ4n) is 13.3. The van der Waals surface area contributed by atoms with Crippen molar-refractivity contribution in [3.63, 3.8) is 0 Å². The highest BCUT2D eigenvalue weighted by atomic mass is 31.2. The highest BCUT2D eigenvalue weighted by Crippen LogP contribution is 2.45. The van der Waals surface area contributed by atoms with Crippen molar-refractivity contribution in [2.24, 2.45) is 5.92 Å². The van der Waals surface area contributed by atoms with Crippen molar-refractivity contribution in [3.05, 3.63) is 24.3 Å². The van der Waals surface area contributed by atoms with E-state index in [0.717, 1.165) is 109 Å². The number of carbonyl (C=O) groups is 4. The van der Waals surface area contributed by atoms with Crippen LogP contribution in [0, 0.1) is 5.92 Å². The minimum atomic E-state index is -4.97. The zero-order valence-electron chi connectivity index (χ0n) is 69.8. The van der Waals surface area contributed by atoms with Crippen LogP contribution < -0.4 is 0 Å². The second kappa shape index (κ2) is 80.2. The molecule has 0 radical (unpaired) electrons. The van der Waals surface area contributed by atoms with E-state index in [9.17, 15) is 43.2 Å². The number of hydrogen-bond acceptors (Lipinski definition) is 15. The van der Waals surface area contributed by atoms with Crippen LogP contribution in [0.1, 0.15) is 452 Å². The molecular formula is C88H168O17P2. The largest absolute Gasteiger partial charge is 0.472 e. The Morgan fingerprint density at radius 2 is 0.505 bits per heavy atom. The molecule has 2 unspecified atom stereocenters. The lowest BCUT2D eigenvalue weighted by Crippen LogP contribution is -2.30. The number of unbranched alkanes of at least 4 members (excludes halogenated alkanes) is 55. The van der Waals surface area contributed by atoms with Gasteiger partial charge in [0.05, 0.1) is 26.4 Å². The fourth-order valence-corrected chi connectivity index (χ4v) is 14.9. The predicted octanol–water partition coefficient (Wildman–Crippen LogP) is 26.7. The molecule has 0 aromatic rings. The third-order valence-corrected chi connectivity index (χ3v) is 22.1. The maximum absolute atomic E-state index is 13.2. The Balaban J connectivity index is 5.27. The smallest absolute Gasteiger partial charge is 0.462 e. The van der Waals surface area contributed by atoms with Gasteiger partial charge >= 0.3 is 39.5 Å². The van der Waals surface area contributed by atoms with Crippen LogP contribution in [0.5, 0.6) is 0 Å². The summed E-state index contributed by atoms with van der Waals surface area (Å²) in [4.78, 5) is 73.3. The zero-order valence-corrected chi connectivity index (χ0v) is 71.6. The van der Waals surface area contributed by atoms with Crippen LogP contribution in [-0.4, -0.2) is 96.7 Å². The molecule has 0 saturated heterocycles. The number of rotatable bonds is 86. The first-order valence-electron chi connectivity index (χ1n) is 45.0. The van der Waals surface area contributed by atoms with Crippen LogP contribution in [0.25, 0.3) is 0 Å². The molecule has 0 aliphatic rings. The number of carbonyl (C=O) groups excluding carboxylic acids is 4. The van der Waals surface area contributed by atoms with Crippen molar-refractivity contribution in [1.29, 1.82) is 0 Å². The molecule has 0 aliphatic carbocycles. The van der Waals surface area contributed by atoms with E-state index in [0.29, 0.717) is 25.7 Å². The molecule has 0 aliphatic heterocycles. The van der Waals surface area contributed by atoms with Crippen molar-refractivity contribution in [3.8, 4) is 0 Å². The van der Waals surface area contributed by atoms with Gasteiger partial charge in [0.25, 0.3) is 0 Å². The van der Waals surface area contributed by atoms with Gasteiger partial charge in [-0.15, -0.1) is 0 Å². The SMILES string of the molecule is CCCCCC/C=C\C=C/CCCCCCCC(=O)O[C@H](COC(=O)CCCCCCCCCCCCCC)COP(=O)(O)OC[C@H](O)COP(=O)(O)OC[C@@H](COC(=O)CCCCCCCCCCCCCCCCCCC(C)C)OC(=O)CCCCCCCCCCCCCCCCCCCCCCC. The summed E-state index contributed by atoms with van der Waals surface area (Å²) in [5, 5.41) is 10.7. The maximum Gasteiger partial charge on any atom is 0.472 e. The topological polar surface area (TPSA) is 237 Å². The van der Waals surface area contributed by atoms with Crippen LogP contribution in [0.15, 0.2) is 24.3 Å². The molecule has 0 heterocycles. The molecular weight excluding hydrogens is 1390 g/mol. The molecule has 0 fully saturated rings. The predicted molar refractivity (Wildman–Crippen MR) is 441 cm³/mol.